The lowest BCUT2D eigenvalue weighted by Gasteiger charge is -2.12. The molecule has 9 heteroatoms. The second-order valence-electron chi connectivity index (χ2n) is 5.97. The maximum absolute atomic E-state index is 11.2. The third kappa shape index (κ3) is 4.75. The van der Waals surface area contributed by atoms with Gasteiger partial charge in [0.1, 0.15) is 5.76 Å². The molecule has 4 N–H and O–H groups in total. The molecule has 0 radical (unpaired) electrons. The molecule has 0 atom stereocenters. The fourth-order valence-electron chi connectivity index (χ4n) is 1.69. The summed E-state index contributed by atoms with van der Waals surface area (Å²) < 4.78 is 27.6. The number of rotatable bonds is 3. The molecule has 7 nitrogen and oxygen atoms in total. The summed E-state index contributed by atoms with van der Waals surface area (Å²) in [4.78, 5) is 0.0354. The highest BCUT2D eigenvalue weighted by Gasteiger charge is 2.19. The maximum Gasteiger partial charge on any atom is 0.238 e. The van der Waals surface area contributed by atoms with Gasteiger partial charge in [-0.05, 0) is 36.5 Å². The standard InChI is InChI=1S/C14H18N4O3S2/c1-14(2,3)11-8-12(18-21-11)17-13(22)16-9-4-6-10(7-5-9)23(15,19)20/h4-8H,1-3H3,(H2,15,19,20)(H2,16,17,18,22). The van der Waals surface area contributed by atoms with E-state index in [-0.39, 0.29) is 10.3 Å². The first kappa shape index (κ1) is 17.4. The lowest BCUT2D eigenvalue weighted by Crippen LogP contribution is -2.19. The zero-order chi connectivity index (χ0) is 17.3. The molecule has 0 fully saturated rings. The van der Waals surface area contributed by atoms with E-state index in [0.29, 0.717) is 16.6 Å². The second kappa shape index (κ2) is 6.26. The van der Waals surface area contributed by atoms with E-state index in [9.17, 15) is 8.42 Å². The first-order valence-corrected chi connectivity index (χ1v) is 8.69. The van der Waals surface area contributed by atoms with Gasteiger partial charge in [-0.3, -0.25) is 0 Å². The molecule has 0 amide bonds. The molecule has 0 saturated carbocycles. The van der Waals surface area contributed by atoms with Crippen LogP contribution < -0.4 is 15.8 Å². The summed E-state index contributed by atoms with van der Waals surface area (Å²) in [7, 11) is -3.71. The molecular formula is C14H18N4O3S2. The summed E-state index contributed by atoms with van der Waals surface area (Å²) >= 11 is 5.18. The number of nitrogens with zero attached hydrogens (tertiary/aromatic N) is 1. The van der Waals surface area contributed by atoms with Crippen molar-refractivity contribution < 1.29 is 12.9 Å². The van der Waals surface area contributed by atoms with Gasteiger partial charge >= 0.3 is 0 Å². The largest absolute Gasteiger partial charge is 0.359 e. The zero-order valence-electron chi connectivity index (χ0n) is 13.0. The van der Waals surface area contributed by atoms with Crippen LogP contribution in [0.3, 0.4) is 0 Å². The highest BCUT2D eigenvalue weighted by Crippen LogP contribution is 2.24. The number of hydrogen-bond donors (Lipinski definition) is 3. The summed E-state index contributed by atoms with van der Waals surface area (Å²) in [6.07, 6.45) is 0. The highest BCUT2D eigenvalue weighted by molar-refractivity contribution is 7.89. The minimum absolute atomic E-state index is 0.0354. The van der Waals surface area contributed by atoms with Crippen LogP contribution in [-0.2, 0) is 15.4 Å². The number of thiocarbonyl (C=S) groups is 1. The molecule has 0 saturated heterocycles. The Morgan fingerprint density at radius 2 is 1.83 bits per heavy atom. The molecule has 124 valence electrons. The average Bonchev–Trinajstić information content (AvgIpc) is 2.86. The van der Waals surface area contributed by atoms with E-state index in [1.165, 1.54) is 12.1 Å². The Bertz CT molecular complexity index is 805. The molecule has 2 rings (SSSR count). The molecule has 0 aliphatic carbocycles. The number of sulfonamides is 1. The van der Waals surface area contributed by atoms with Gasteiger partial charge in [-0.1, -0.05) is 25.9 Å². The van der Waals surface area contributed by atoms with Gasteiger partial charge in [-0.25, -0.2) is 13.6 Å². The van der Waals surface area contributed by atoms with E-state index in [1.807, 2.05) is 20.8 Å². The van der Waals surface area contributed by atoms with E-state index in [1.54, 1.807) is 18.2 Å². The fourth-order valence-corrected chi connectivity index (χ4v) is 2.43. The van der Waals surface area contributed by atoms with Crippen molar-refractivity contribution in [3.8, 4) is 0 Å². The predicted molar refractivity (Wildman–Crippen MR) is 92.9 cm³/mol. The SMILES string of the molecule is CC(C)(C)c1cc(NC(=S)Nc2ccc(S(N)(=O)=O)cc2)no1. The van der Waals surface area contributed by atoms with Crippen LogP contribution in [0.1, 0.15) is 26.5 Å². The van der Waals surface area contributed by atoms with Crippen molar-refractivity contribution in [1.29, 1.82) is 0 Å². The van der Waals surface area contributed by atoms with Crippen LogP contribution in [0, 0.1) is 0 Å². The molecule has 1 aromatic carbocycles. The number of benzene rings is 1. The Morgan fingerprint density at radius 1 is 1.22 bits per heavy atom. The third-order valence-corrected chi connectivity index (χ3v) is 4.07. The molecule has 23 heavy (non-hydrogen) atoms. The zero-order valence-corrected chi connectivity index (χ0v) is 14.6. The Hall–Kier alpha value is -1.97. The molecular weight excluding hydrogens is 336 g/mol. The van der Waals surface area contributed by atoms with Crippen molar-refractivity contribution in [1.82, 2.24) is 5.16 Å². The van der Waals surface area contributed by atoms with Crippen molar-refractivity contribution in [2.24, 2.45) is 5.14 Å². The van der Waals surface area contributed by atoms with Crippen LogP contribution in [0.15, 0.2) is 39.8 Å². The number of nitrogens with two attached hydrogens (primary N) is 1. The van der Waals surface area contributed by atoms with E-state index < -0.39 is 10.0 Å². The lowest BCUT2D eigenvalue weighted by atomic mass is 9.93. The van der Waals surface area contributed by atoms with Crippen molar-refractivity contribution in [3.63, 3.8) is 0 Å². The summed E-state index contributed by atoms with van der Waals surface area (Å²) in [5.41, 5.74) is 0.473. The fraction of sp³-hybridized carbons (Fsp3) is 0.286. The Balaban J connectivity index is 2.01. The maximum atomic E-state index is 11.2. The molecule has 0 bridgehead atoms. The average molecular weight is 354 g/mol. The molecule has 1 aromatic heterocycles. The summed E-state index contributed by atoms with van der Waals surface area (Å²) in [6.45, 7) is 6.04. The first-order chi connectivity index (χ1) is 10.6. The van der Waals surface area contributed by atoms with Crippen LogP contribution in [-0.4, -0.2) is 18.7 Å². The third-order valence-electron chi connectivity index (χ3n) is 2.93. The van der Waals surface area contributed by atoms with Gasteiger partial charge in [0.25, 0.3) is 0 Å². The van der Waals surface area contributed by atoms with Gasteiger partial charge < -0.3 is 15.2 Å². The van der Waals surface area contributed by atoms with Gasteiger partial charge in [-0.15, -0.1) is 0 Å². The topological polar surface area (TPSA) is 110 Å². The minimum atomic E-state index is -3.71. The van der Waals surface area contributed by atoms with Gasteiger partial charge in [0.2, 0.25) is 10.0 Å². The second-order valence-corrected chi connectivity index (χ2v) is 7.94. The van der Waals surface area contributed by atoms with Gasteiger partial charge in [0.05, 0.1) is 4.90 Å². The van der Waals surface area contributed by atoms with Crippen LogP contribution in [0.5, 0.6) is 0 Å². The highest BCUT2D eigenvalue weighted by atomic mass is 32.2. The van der Waals surface area contributed by atoms with Crippen LogP contribution in [0.4, 0.5) is 11.5 Å². The summed E-state index contributed by atoms with van der Waals surface area (Å²) in [6, 6.07) is 7.70. The Kier molecular flexibility index (Phi) is 4.73. The molecule has 0 unspecified atom stereocenters. The van der Waals surface area contributed by atoms with Crippen LogP contribution in [0.25, 0.3) is 0 Å². The monoisotopic (exact) mass is 354 g/mol. The van der Waals surface area contributed by atoms with Gasteiger partial charge in [0, 0.05) is 17.2 Å². The smallest absolute Gasteiger partial charge is 0.238 e. The number of anilines is 2. The molecule has 0 spiro atoms. The van der Waals surface area contributed by atoms with Crippen LogP contribution >= 0.6 is 12.2 Å². The normalized spacial score (nSPS) is 12.0. The number of primary sulfonamides is 1. The number of aromatic nitrogens is 1. The van der Waals surface area contributed by atoms with E-state index >= 15 is 0 Å². The van der Waals surface area contributed by atoms with Crippen molar-refractivity contribution in [2.45, 2.75) is 31.1 Å². The van der Waals surface area contributed by atoms with E-state index in [4.69, 9.17) is 21.9 Å². The molecule has 1 heterocycles. The lowest BCUT2D eigenvalue weighted by molar-refractivity contribution is 0.331. The summed E-state index contributed by atoms with van der Waals surface area (Å²) in [5, 5.41) is 15.1. The number of hydrogen-bond acceptors (Lipinski definition) is 5. The van der Waals surface area contributed by atoms with Gasteiger partial charge in [-0.2, -0.15) is 0 Å². The van der Waals surface area contributed by atoms with Crippen molar-refractivity contribution >= 4 is 38.9 Å². The van der Waals surface area contributed by atoms with Gasteiger partial charge in [0.15, 0.2) is 10.9 Å². The van der Waals surface area contributed by atoms with Crippen molar-refractivity contribution in [2.75, 3.05) is 10.6 Å². The predicted octanol–water partition coefficient (Wildman–Crippen LogP) is 2.43. The first-order valence-electron chi connectivity index (χ1n) is 6.74. The Labute approximate surface area is 140 Å². The molecule has 2 aromatic rings. The van der Waals surface area contributed by atoms with E-state index in [2.05, 4.69) is 15.8 Å². The molecule has 0 aliphatic heterocycles. The summed E-state index contributed by atoms with van der Waals surface area (Å²) in [5.74, 6) is 1.23. The van der Waals surface area contributed by atoms with Crippen molar-refractivity contribution in [3.05, 3.63) is 36.1 Å². The van der Waals surface area contributed by atoms with Crippen LogP contribution in [0.2, 0.25) is 0 Å². The Morgan fingerprint density at radius 3 is 2.30 bits per heavy atom. The number of nitrogens with one attached hydrogen (secondary N) is 2. The van der Waals surface area contributed by atoms with E-state index in [0.717, 1.165) is 5.76 Å². The minimum Gasteiger partial charge on any atom is -0.359 e. The molecule has 0 aliphatic rings. The quantitative estimate of drug-likeness (QED) is 0.726.